The van der Waals surface area contributed by atoms with Crippen molar-refractivity contribution in [3.05, 3.63) is 64.7 Å². The zero-order valence-corrected chi connectivity index (χ0v) is 18.6. The molecule has 0 N–H and O–H groups in total. The van der Waals surface area contributed by atoms with Gasteiger partial charge in [-0.3, -0.25) is 14.4 Å². The summed E-state index contributed by atoms with van der Waals surface area (Å²) in [5, 5.41) is 0. The van der Waals surface area contributed by atoms with E-state index in [0.29, 0.717) is 23.4 Å². The van der Waals surface area contributed by atoms with Crippen molar-refractivity contribution in [2.45, 2.75) is 33.6 Å². The maximum atomic E-state index is 12.5. The van der Waals surface area contributed by atoms with Gasteiger partial charge in [0.25, 0.3) is 0 Å². The highest BCUT2D eigenvalue weighted by Gasteiger charge is 2.36. The molecule has 168 valence electrons. The lowest BCUT2D eigenvalue weighted by atomic mass is 10.0. The molecule has 1 amide bonds. The minimum absolute atomic E-state index is 0.0109. The third-order valence-electron chi connectivity index (χ3n) is 5.48. The van der Waals surface area contributed by atoms with Crippen LogP contribution in [-0.2, 0) is 19.1 Å². The van der Waals surface area contributed by atoms with Crippen molar-refractivity contribution in [2.75, 3.05) is 24.7 Å². The summed E-state index contributed by atoms with van der Waals surface area (Å²) in [5.74, 6) is -2.13. The van der Waals surface area contributed by atoms with Crippen molar-refractivity contribution in [3.63, 3.8) is 0 Å². The van der Waals surface area contributed by atoms with Gasteiger partial charge in [0, 0.05) is 24.2 Å². The summed E-state index contributed by atoms with van der Waals surface area (Å²) in [7, 11) is 0. The van der Waals surface area contributed by atoms with Gasteiger partial charge in [-0.2, -0.15) is 0 Å². The van der Waals surface area contributed by atoms with Gasteiger partial charge in [0.15, 0.2) is 12.4 Å². The predicted molar refractivity (Wildman–Crippen MR) is 119 cm³/mol. The summed E-state index contributed by atoms with van der Waals surface area (Å²) in [4.78, 5) is 50.6. The molecule has 7 nitrogen and oxygen atoms in total. The van der Waals surface area contributed by atoms with Crippen LogP contribution in [0, 0.1) is 19.8 Å². The van der Waals surface area contributed by atoms with Crippen molar-refractivity contribution in [1.82, 2.24) is 0 Å². The van der Waals surface area contributed by atoms with Crippen molar-refractivity contribution in [1.29, 1.82) is 0 Å². The van der Waals surface area contributed by atoms with Gasteiger partial charge in [-0.15, -0.1) is 0 Å². The first kappa shape index (κ1) is 23.2. The standard InChI is InChI=1S/C25H27NO6/c1-4-11-31-24(29)18-7-9-21(10-8-18)26-14-20(13-23(26)28)25(30)32-15-22(27)19-6-5-16(2)17(3)12-19/h5-10,12,20H,4,11,13-15H2,1-3H3. The van der Waals surface area contributed by atoms with Gasteiger partial charge < -0.3 is 14.4 Å². The number of aryl methyl sites for hydroxylation is 2. The highest BCUT2D eigenvalue weighted by Crippen LogP contribution is 2.26. The Morgan fingerprint density at radius 3 is 2.31 bits per heavy atom. The normalized spacial score (nSPS) is 15.5. The predicted octanol–water partition coefficient (Wildman–Crippen LogP) is 3.65. The van der Waals surface area contributed by atoms with Crippen LogP contribution in [0.15, 0.2) is 42.5 Å². The van der Waals surface area contributed by atoms with Crippen LogP contribution in [0.2, 0.25) is 0 Å². The van der Waals surface area contributed by atoms with Gasteiger partial charge in [-0.25, -0.2) is 4.79 Å². The number of carbonyl (C=O) groups is 4. The van der Waals surface area contributed by atoms with Crippen LogP contribution in [0.4, 0.5) is 5.69 Å². The number of ether oxygens (including phenoxy) is 2. The van der Waals surface area contributed by atoms with Crippen molar-refractivity contribution >= 4 is 29.3 Å². The number of anilines is 1. The van der Waals surface area contributed by atoms with Crippen molar-refractivity contribution in [3.8, 4) is 0 Å². The number of amides is 1. The molecule has 3 rings (SSSR count). The van der Waals surface area contributed by atoms with E-state index < -0.39 is 17.9 Å². The lowest BCUT2D eigenvalue weighted by Crippen LogP contribution is -2.27. The fourth-order valence-electron chi connectivity index (χ4n) is 3.42. The molecule has 32 heavy (non-hydrogen) atoms. The van der Waals surface area contributed by atoms with Crippen molar-refractivity contribution < 1.29 is 28.7 Å². The number of hydrogen-bond donors (Lipinski definition) is 0. The summed E-state index contributed by atoms with van der Waals surface area (Å²) in [6.07, 6.45) is 0.747. The third kappa shape index (κ3) is 5.41. The maximum Gasteiger partial charge on any atom is 0.338 e. The Labute approximate surface area is 187 Å². The van der Waals surface area contributed by atoms with E-state index in [2.05, 4.69) is 0 Å². The van der Waals surface area contributed by atoms with E-state index in [9.17, 15) is 19.2 Å². The first-order valence-corrected chi connectivity index (χ1v) is 10.6. The number of hydrogen-bond acceptors (Lipinski definition) is 6. The van der Waals surface area contributed by atoms with Gasteiger partial charge in [-0.05, 0) is 61.7 Å². The molecule has 0 aromatic heterocycles. The molecule has 7 heteroatoms. The molecule has 0 aliphatic carbocycles. The van der Waals surface area contributed by atoms with Gasteiger partial charge >= 0.3 is 11.9 Å². The van der Waals surface area contributed by atoms with E-state index >= 15 is 0 Å². The topological polar surface area (TPSA) is 90.0 Å². The SMILES string of the molecule is CCCOC(=O)c1ccc(N2CC(C(=O)OCC(=O)c3ccc(C)c(C)c3)CC2=O)cc1. The summed E-state index contributed by atoms with van der Waals surface area (Å²) in [6.45, 7) is 5.93. The van der Waals surface area contributed by atoms with E-state index in [1.54, 1.807) is 36.4 Å². The Morgan fingerprint density at radius 2 is 1.66 bits per heavy atom. The molecule has 0 bridgehead atoms. The van der Waals surface area contributed by atoms with Crippen LogP contribution >= 0.6 is 0 Å². The summed E-state index contributed by atoms with van der Waals surface area (Å²) < 4.78 is 10.3. The van der Waals surface area contributed by atoms with Gasteiger partial charge in [0.05, 0.1) is 18.1 Å². The molecule has 1 unspecified atom stereocenters. The number of benzene rings is 2. The quantitative estimate of drug-likeness (QED) is 0.463. The van der Waals surface area contributed by atoms with Gasteiger partial charge in [0.1, 0.15) is 0 Å². The number of nitrogens with zero attached hydrogens (tertiary/aromatic N) is 1. The molecule has 1 aliphatic heterocycles. The summed E-state index contributed by atoms with van der Waals surface area (Å²) >= 11 is 0. The van der Waals surface area contributed by atoms with E-state index in [4.69, 9.17) is 9.47 Å². The Balaban J connectivity index is 1.56. The fourth-order valence-corrected chi connectivity index (χ4v) is 3.42. The zero-order valence-electron chi connectivity index (χ0n) is 18.6. The number of carbonyl (C=O) groups excluding carboxylic acids is 4. The molecule has 1 fully saturated rings. The molecule has 2 aromatic carbocycles. The minimum Gasteiger partial charge on any atom is -0.462 e. The maximum absolute atomic E-state index is 12.5. The number of ketones is 1. The number of Topliss-reactive ketones (excluding diaryl/α,β-unsaturated/α-hetero) is 1. The van der Waals surface area contributed by atoms with Gasteiger partial charge in [-0.1, -0.05) is 19.1 Å². The van der Waals surface area contributed by atoms with Crippen LogP contribution in [0.5, 0.6) is 0 Å². The number of rotatable bonds is 8. The van der Waals surface area contributed by atoms with E-state index in [0.717, 1.165) is 17.5 Å². The molecule has 1 heterocycles. The Bertz CT molecular complexity index is 1030. The second-order valence-electron chi connectivity index (χ2n) is 7.92. The fraction of sp³-hybridized carbons (Fsp3) is 0.360. The highest BCUT2D eigenvalue weighted by molar-refractivity contribution is 6.01. The minimum atomic E-state index is -0.649. The summed E-state index contributed by atoms with van der Waals surface area (Å²) in [5.41, 5.74) is 3.54. The molecule has 1 saturated heterocycles. The smallest absolute Gasteiger partial charge is 0.338 e. The zero-order chi connectivity index (χ0) is 23.3. The first-order valence-electron chi connectivity index (χ1n) is 10.6. The van der Waals surface area contributed by atoms with Crippen molar-refractivity contribution in [2.24, 2.45) is 5.92 Å². The van der Waals surface area contributed by atoms with Crippen LogP contribution < -0.4 is 4.90 Å². The van der Waals surface area contributed by atoms with E-state index in [1.165, 1.54) is 4.90 Å². The lowest BCUT2D eigenvalue weighted by Gasteiger charge is -2.17. The highest BCUT2D eigenvalue weighted by atomic mass is 16.5. The lowest BCUT2D eigenvalue weighted by molar-refractivity contribution is -0.147. The third-order valence-corrected chi connectivity index (χ3v) is 5.48. The second kappa shape index (κ2) is 10.2. The molecular formula is C25H27NO6. The van der Waals surface area contributed by atoms with E-state index in [-0.39, 0.29) is 31.3 Å². The first-order chi connectivity index (χ1) is 15.3. The van der Waals surface area contributed by atoms with Gasteiger partial charge in [0.2, 0.25) is 5.91 Å². The van der Waals surface area contributed by atoms with Crippen LogP contribution in [0.1, 0.15) is 51.6 Å². The molecule has 0 radical (unpaired) electrons. The molecular weight excluding hydrogens is 410 g/mol. The molecule has 0 saturated carbocycles. The Kier molecular flexibility index (Phi) is 7.41. The average Bonchev–Trinajstić information content (AvgIpc) is 3.19. The van der Waals surface area contributed by atoms with Crippen LogP contribution in [0.3, 0.4) is 0 Å². The monoisotopic (exact) mass is 437 g/mol. The molecule has 2 aromatic rings. The number of esters is 2. The Morgan fingerprint density at radius 1 is 0.969 bits per heavy atom. The Hall–Kier alpha value is -3.48. The van der Waals surface area contributed by atoms with E-state index in [1.807, 2.05) is 26.8 Å². The largest absolute Gasteiger partial charge is 0.462 e. The van der Waals surface area contributed by atoms with Crippen LogP contribution in [-0.4, -0.2) is 43.4 Å². The molecule has 1 atom stereocenters. The summed E-state index contributed by atoms with van der Waals surface area (Å²) in [6, 6.07) is 11.8. The average molecular weight is 437 g/mol. The molecule has 1 aliphatic rings. The molecule has 0 spiro atoms. The van der Waals surface area contributed by atoms with Crippen LogP contribution in [0.25, 0.3) is 0 Å². The second-order valence-corrected chi connectivity index (χ2v) is 7.92.